The van der Waals surface area contributed by atoms with Gasteiger partial charge in [0.1, 0.15) is 5.75 Å². The van der Waals surface area contributed by atoms with Crippen molar-refractivity contribution < 1.29 is 9.47 Å². The van der Waals surface area contributed by atoms with E-state index >= 15 is 0 Å². The van der Waals surface area contributed by atoms with Gasteiger partial charge in [0.2, 0.25) is 0 Å². The van der Waals surface area contributed by atoms with Crippen LogP contribution in [0.15, 0.2) is 12.1 Å². The lowest BCUT2D eigenvalue weighted by Crippen LogP contribution is -2.54. The number of halogens is 1. The highest BCUT2D eigenvalue weighted by Gasteiger charge is 2.33. The van der Waals surface area contributed by atoms with Crippen LogP contribution < -0.4 is 10.5 Å². The summed E-state index contributed by atoms with van der Waals surface area (Å²) in [6.07, 6.45) is 1.03. The van der Waals surface area contributed by atoms with Crippen LogP contribution in [0.4, 0.5) is 0 Å². The highest BCUT2D eigenvalue weighted by atomic mass is 35.5. The lowest BCUT2D eigenvalue weighted by atomic mass is 10.0. The van der Waals surface area contributed by atoms with Gasteiger partial charge in [0.05, 0.1) is 18.3 Å². The topological polar surface area (TPSA) is 47.7 Å². The van der Waals surface area contributed by atoms with Gasteiger partial charge in [-0.3, -0.25) is 4.90 Å². The van der Waals surface area contributed by atoms with E-state index in [-0.39, 0.29) is 11.7 Å². The Labute approximate surface area is 131 Å². The predicted octanol–water partition coefficient (Wildman–Crippen LogP) is 2.21. The second-order valence-corrected chi connectivity index (χ2v) is 6.99. The third-order valence-corrected chi connectivity index (χ3v) is 4.25. The first-order valence-electron chi connectivity index (χ1n) is 7.51. The van der Waals surface area contributed by atoms with Crippen molar-refractivity contribution in [2.75, 3.05) is 26.2 Å². The van der Waals surface area contributed by atoms with Gasteiger partial charge in [-0.2, -0.15) is 0 Å². The third kappa shape index (κ3) is 3.34. The van der Waals surface area contributed by atoms with Crippen LogP contribution >= 0.6 is 11.6 Å². The van der Waals surface area contributed by atoms with Gasteiger partial charge in [0.25, 0.3) is 0 Å². The lowest BCUT2D eigenvalue weighted by molar-refractivity contribution is -0.134. The van der Waals surface area contributed by atoms with E-state index in [1.54, 1.807) is 0 Å². The number of benzene rings is 1. The normalized spacial score (nSPS) is 24.7. The molecule has 3 rings (SSSR count). The third-order valence-electron chi connectivity index (χ3n) is 4.03. The maximum Gasteiger partial charge on any atom is 0.127 e. The van der Waals surface area contributed by atoms with Crippen molar-refractivity contribution in [1.82, 2.24) is 4.90 Å². The number of nitrogens with zero attached hydrogens (tertiary/aromatic N) is 1. The van der Waals surface area contributed by atoms with Crippen molar-refractivity contribution >= 4 is 11.6 Å². The summed E-state index contributed by atoms with van der Waals surface area (Å²) in [7, 11) is 0. The molecule has 0 aromatic heterocycles. The Balaban J connectivity index is 1.80. The summed E-state index contributed by atoms with van der Waals surface area (Å²) in [5, 5.41) is 0.789. The van der Waals surface area contributed by atoms with Crippen molar-refractivity contribution in [3.63, 3.8) is 0 Å². The van der Waals surface area contributed by atoms with Crippen LogP contribution in [0, 0.1) is 0 Å². The van der Waals surface area contributed by atoms with Crippen LogP contribution in [-0.2, 0) is 17.7 Å². The fraction of sp³-hybridized carbons (Fsp3) is 0.625. The quantitative estimate of drug-likeness (QED) is 0.930. The van der Waals surface area contributed by atoms with Gasteiger partial charge in [-0.05, 0) is 31.5 Å². The maximum atomic E-state index is 6.24. The highest BCUT2D eigenvalue weighted by Crippen LogP contribution is 2.34. The minimum Gasteiger partial charge on any atom is -0.493 e. The average molecular weight is 311 g/mol. The molecule has 21 heavy (non-hydrogen) atoms. The number of rotatable bonds is 3. The minimum absolute atomic E-state index is 0.0851. The standard InChI is InChI=1S/C16H23ClN2O2/c1-16(2)10-19(9-14(7-18)21-16)8-12-6-13(17)5-11-3-4-20-15(11)12/h5-6,14H,3-4,7-10,18H2,1-2H3. The Morgan fingerprint density at radius 1 is 1.43 bits per heavy atom. The van der Waals surface area contributed by atoms with Crippen LogP contribution in [0.5, 0.6) is 5.75 Å². The number of ether oxygens (including phenoxy) is 2. The van der Waals surface area contributed by atoms with Crippen molar-refractivity contribution in [2.45, 2.75) is 38.5 Å². The molecule has 5 heteroatoms. The van der Waals surface area contributed by atoms with Crippen LogP contribution in [0.25, 0.3) is 0 Å². The smallest absolute Gasteiger partial charge is 0.127 e. The molecule has 0 bridgehead atoms. The molecular formula is C16H23ClN2O2. The fourth-order valence-electron chi connectivity index (χ4n) is 3.36. The molecule has 2 aliphatic heterocycles. The van der Waals surface area contributed by atoms with Crippen molar-refractivity contribution in [1.29, 1.82) is 0 Å². The Morgan fingerprint density at radius 3 is 3.00 bits per heavy atom. The van der Waals surface area contributed by atoms with Crippen molar-refractivity contribution in [3.05, 3.63) is 28.3 Å². The maximum absolute atomic E-state index is 6.24. The van der Waals surface area contributed by atoms with Gasteiger partial charge in [0.15, 0.2) is 0 Å². The summed E-state index contributed by atoms with van der Waals surface area (Å²) >= 11 is 6.24. The molecule has 2 N–H and O–H groups in total. The van der Waals surface area contributed by atoms with E-state index in [0.717, 1.165) is 43.4 Å². The number of fused-ring (bicyclic) bond motifs is 1. The molecule has 1 aromatic carbocycles. The van der Waals surface area contributed by atoms with Crippen LogP contribution in [0.2, 0.25) is 5.02 Å². The van der Waals surface area contributed by atoms with E-state index in [1.807, 2.05) is 12.1 Å². The van der Waals surface area contributed by atoms with E-state index < -0.39 is 0 Å². The Kier molecular flexibility index (Phi) is 4.14. The highest BCUT2D eigenvalue weighted by molar-refractivity contribution is 6.30. The number of hydrogen-bond donors (Lipinski definition) is 1. The van der Waals surface area contributed by atoms with Gasteiger partial charge >= 0.3 is 0 Å². The molecule has 1 atom stereocenters. The van der Waals surface area contributed by atoms with E-state index in [9.17, 15) is 0 Å². The van der Waals surface area contributed by atoms with Crippen LogP contribution in [0.1, 0.15) is 25.0 Å². The molecule has 4 nitrogen and oxygen atoms in total. The molecule has 2 heterocycles. The van der Waals surface area contributed by atoms with Gasteiger partial charge in [-0.25, -0.2) is 0 Å². The molecule has 0 amide bonds. The molecule has 0 aliphatic carbocycles. The summed E-state index contributed by atoms with van der Waals surface area (Å²) in [5.74, 6) is 1.02. The van der Waals surface area contributed by atoms with Crippen LogP contribution in [-0.4, -0.2) is 42.8 Å². The monoisotopic (exact) mass is 310 g/mol. The zero-order valence-electron chi connectivity index (χ0n) is 12.7. The summed E-state index contributed by atoms with van der Waals surface area (Å²) < 4.78 is 11.8. The number of nitrogens with two attached hydrogens (primary N) is 1. The zero-order chi connectivity index (χ0) is 15.0. The molecule has 0 saturated carbocycles. The van der Waals surface area contributed by atoms with Gasteiger partial charge in [-0.15, -0.1) is 0 Å². The van der Waals surface area contributed by atoms with E-state index in [2.05, 4.69) is 18.7 Å². The largest absolute Gasteiger partial charge is 0.493 e. The predicted molar refractivity (Wildman–Crippen MR) is 83.9 cm³/mol. The summed E-state index contributed by atoms with van der Waals surface area (Å²) in [4.78, 5) is 2.38. The van der Waals surface area contributed by atoms with E-state index in [1.165, 1.54) is 11.1 Å². The molecule has 1 aromatic rings. The summed E-state index contributed by atoms with van der Waals surface area (Å²) in [6.45, 7) is 8.08. The number of hydrogen-bond acceptors (Lipinski definition) is 4. The molecule has 0 spiro atoms. The van der Waals surface area contributed by atoms with Crippen molar-refractivity contribution in [2.24, 2.45) is 5.73 Å². The molecule has 1 saturated heterocycles. The van der Waals surface area contributed by atoms with E-state index in [4.69, 9.17) is 26.8 Å². The fourth-order valence-corrected chi connectivity index (χ4v) is 3.63. The molecule has 116 valence electrons. The first-order chi connectivity index (χ1) is 9.97. The van der Waals surface area contributed by atoms with E-state index in [0.29, 0.717) is 6.54 Å². The molecule has 2 aliphatic rings. The average Bonchev–Trinajstić information content (AvgIpc) is 2.84. The first kappa shape index (κ1) is 15.1. The second-order valence-electron chi connectivity index (χ2n) is 6.56. The molecule has 1 unspecified atom stereocenters. The van der Waals surface area contributed by atoms with Gasteiger partial charge in [0, 0.05) is 43.2 Å². The SMILES string of the molecule is CC1(C)CN(Cc2cc(Cl)cc3c2OCC3)CC(CN)O1. The zero-order valence-corrected chi connectivity index (χ0v) is 13.4. The van der Waals surface area contributed by atoms with Crippen LogP contribution in [0.3, 0.4) is 0 Å². The molecular weight excluding hydrogens is 288 g/mol. The molecule has 0 radical (unpaired) electrons. The van der Waals surface area contributed by atoms with Gasteiger partial charge < -0.3 is 15.2 Å². The summed E-state index contributed by atoms with van der Waals surface area (Å²) in [5.41, 5.74) is 8.01. The molecule has 1 fully saturated rings. The second kappa shape index (κ2) is 5.76. The Hall–Kier alpha value is -0.810. The minimum atomic E-state index is -0.176. The summed E-state index contributed by atoms with van der Waals surface area (Å²) in [6, 6.07) is 4.03. The Morgan fingerprint density at radius 2 is 2.24 bits per heavy atom. The van der Waals surface area contributed by atoms with Crippen molar-refractivity contribution in [3.8, 4) is 5.75 Å². The first-order valence-corrected chi connectivity index (χ1v) is 7.89. The number of morpholine rings is 1. The lowest BCUT2D eigenvalue weighted by Gasteiger charge is -2.42. The Bertz CT molecular complexity index is 533. The van der Waals surface area contributed by atoms with Gasteiger partial charge in [-0.1, -0.05) is 11.6 Å².